The minimum Gasteiger partial charge on any atom is -0.366 e. The van der Waals surface area contributed by atoms with Crippen LogP contribution in [-0.2, 0) is 13.1 Å². The van der Waals surface area contributed by atoms with E-state index >= 15 is 0 Å². The average Bonchev–Trinajstić information content (AvgIpc) is 3.37. The third kappa shape index (κ3) is 2.94. The van der Waals surface area contributed by atoms with Gasteiger partial charge in [0, 0.05) is 29.6 Å². The van der Waals surface area contributed by atoms with Crippen molar-refractivity contribution in [1.29, 1.82) is 0 Å². The average molecular weight is 432 g/mol. The fourth-order valence-electron chi connectivity index (χ4n) is 5.15. The van der Waals surface area contributed by atoms with Gasteiger partial charge in [-0.25, -0.2) is 0 Å². The second-order valence-corrected chi connectivity index (χ2v) is 8.81. The molecule has 1 saturated carbocycles. The van der Waals surface area contributed by atoms with Gasteiger partial charge in [0.25, 0.3) is 0 Å². The molecule has 1 saturated heterocycles. The van der Waals surface area contributed by atoms with Crippen LogP contribution in [0.4, 0.5) is 0 Å². The number of carbonyl (C=O) groups excluding carboxylic acids is 1. The Bertz CT molecular complexity index is 1340. The van der Waals surface area contributed by atoms with Crippen molar-refractivity contribution in [3.8, 4) is 22.9 Å². The van der Waals surface area contributed by atoms with Crippen LogP contribution < -0.4 is 11.1 Å². The number of carbonyl (C=O) groups is 1. The number of nitrogens with two attached hydrogens (primary N) is 1. The number of hydrogen-bond donors (Lipinski definition) is 3. The molecule has 3 aromatic heterocycles. The van der Waals surface area contributed by atoms with Gasteiger partial charge in [-0.1, -0.05) is 0 Å². The van der Waals surface area contributed by atoms with E-state index in [0.717, 1.165) is 65.9 Å². The van der Waals surface area contributed by atoms with Gasteiger partial charge in [-0.15, -0.1) is 10.2 Å². The third-order valence-corrected chi connectivity index (χ3v) is 6.89. The predicted octanol–water partition coefficient (Wildman–Crippen LogP) is 1.58. The minimum atomic E-state index is -0.479. The van der Waals surface area contributed by atoms with Gasteiger partial charge in [0.05, 0.1) is 17.4 Å². The van der Waals surface area contributed by atoms with Gasteiger partial charge < -0.3 is 16.0 Å². The second kappa shape index (κ2) is 6.99. The number of fused-ring (bicyclic) bond motifs is 2. The number of benzene rings is 1. The standard InChI is InChI=1S/C22H25N9O/c1-3-30-19(4-11(2)29-30)22-26-21(27-28-22)13-5-12(20(23)32)6-18-16(13)9-25-31(18)10-17-14-7-24-8-15(14)17/h4-6,9,14-15,17,24H,3,7-8,10H2,1-2H3,(H2,23,32)(H,26,27,28)/t14-,15+,17-. The zero-order valence-corrected chi connectivity index (χ0v) is 18.0. The summed E-state index contributed by atoms with van der Waals surface area (Å²) in [5.41, 5.74) is 9.53. The molecular weight excluding hydrogens is 406 g/mol. The topological polar surface area (TPSA) is 132 Å². The highest BCUT2D eigenvalue weighted by atomic mass is 16.1. The van der Waals surface area contributed by atoms with Gasteiger partial charge in [0.2, 0.25) is 5.91 Å². The normalized spacial score (nSPS) is 21.9. The zero-order chi connectivity index (χ0) is 22.0. The third-order valence-electron chi connectivity index (χ3n) is 6.89. The summed E-state index contributed by atoms with van der Waals surface area (Å²) in [5, 5.41) is 22.2. The molecule has 1 amide bonds. The largest absolute Gasteiger partial charge is 0.366 e. The predicted molar refractivity (Wildman–Crippen MR) is 119 cm³/mol. The highest BCUT2D eigenvalue weighted by Crippen LogP contribution is 2.49. The van der Waals surface area contributed by atoms with Gasteiger partial charge in [0.1, 0.15) is 5.69 Å². The molecule has 4 N–H and O–H groups in total. The van der Waals surface area contributed by atoms with Crippen LogP contribution in [0.25, 0.3) is 33.8 Å². The summed E-state index contributed by atoms with van der Waals surface area (Å²) >= 11 is 0. The van der Waals surface area contributed by atoms with Gasteiger partial charge in [-0.2, -0.15) is 10.2 Å². The van der Waals surface area contributed by atoms with Crippen molar-refractivity contribution in [2.24, 2.45) is 23.5 Å². The number of nitrogens with zero attached hydrogens (tertiary/aromatic N) is 6. The molecule has 6 rings (SSSR count). The van der Waals surface area contributed by atoms with Crippen molar-refractivity contribution in [2.75, 3.05) is 13.1 Å². The van der Waals surface area contributed by atoms with E-state index in [-0.39, 0.29) is 0 Å². The lowest BCUT2D eigenvalue weighted by atomic mass is 10.0. The van der Waals surface area contributed by atoms with E-state index in [1.165, 1.54) is 0 Å². The van der Waals surface area contributed by atoms with E-state index < -0.39 is 5.91 Å². The molecule has 3 atom stereocenters. The molecule has 0 bridgehead atoms. The van der Waals surface area contributed by atoms with E-state index in [1.54, 1.807) is 6.07 Å². The van der Waals surface area contributed by atoms with Crippen LogP contribution >= 0.6 is 0 Å². The summed E-state index contributed by atoms with van der Waals surface area (Å²) in [6.45, 7) is 7.73. The van der Waals surface area contributed by atoms with E-state index in [4.69, 9.17) is 5.73 Å². The SMILES string of the molecule is CCn1nc(C)cc1-c1nnc(-c2cc(C(N)=O)cc3c2cnn3C[C@@H]2[C@@H]3CNC[C@@H]32)[nH]1. The highest BCUT2D eigenvalue weighted by Gasteiger charge is 2.52. The number of aromatic nitrogens is 7. The highest BCUT2D eigenvalue weighted by molar-refractivity contribution is 6.02. The lowest BCUT2D eigenvalue weighted by molar-refractivity contribution is 0.100. The molecule has 0 spiro atoms. The van der Waals surface area contributed by atoms with Crippen LogP contribution in [0.3, 0.4) is 0 Å². The Morgan fingerprint density at radius 2 is 1.94 bits per heavy atom. The van der Waals surface area contributed by atoms with Crippen LogP contribution in [0.15, 0.2) is 24.4 Å². The monoisotopic (exact) mass is 431 g/mol. The number of aromatic amines is 1. The molecule has 1 aromatic carbocycles. The van der Waals surface area contributed by atoms with Crippen LogP contribution in [0.5, 0.6) is 0 Å². The first-order chi connectivity index (χ1) is 15.5. The number of rotatable bonds is 6. The summed E-state index contributed by atoms with van der Waals surface area (Å²) in [6, 6.07) is 5.57. The summed E-state index contributed by atoms with van der Waals surface area (Å²) in [5.74, 6) is 2.82. The zero-order valence-electron chi connectivity index (χ0n) is 18.0. The Kier molecular flexibility index (Phi) is 4.19. The minimum absolute atomic E-state index is 0.430. The van der Waals surface area contributed by atoms with Gasteiger partial charge in [-0.05, 0) is 62.9 Å². The summed E-state index contributed by atoms with van der Waals surface area (Å²) in [7, 11) is 0. The Labute approximate surface area is 184 Å². The van der Waals surface area contributed by atoms with E-state index in [9.17, 15) is 4.79 Å². The van der Waals surface area contributed by atoms with Crippen molar-refractivity contribution in [1.82, 2.24) is 40.1 Å². The Hall–Kier alpha value is -3.53. The molecule has 164 valence electrons. The van der Waals surface area contributed by atoms with Crippen molar-refractivity contribution in [3.05, 3.63) is 35.7 Å². The number of primary amides is 1. The first kappa shape index (κ1) is 19.2. The summed E-state index contributed by atoms with van der Waals surface area (Å²) < 4.78 is 3.88. The number of aryl methyl sites for hydroxylation is 2. The maximum Gasteiger partial charge on any atom is 0.248 e. The van der Waals surface area contributed by atoms with Crippen LogP contribution in [-0.4, -0.2) is 53.7 Å². The number of hydrogen-bond acceptors (Lipinski definition) is 6. The van der Waals surface area contributed by atoms with E-state index in [2.05, 4.69) is 30.7 Å². The number of H-pyrrole nitrogens is 1. The number of nitrogens with one attached hydrogen (secondary N) is 2. The first-order valence-corrected chi connectivity index (χ1v) is 11.0. The molecule has 0 radical (unpaired) electrons. The molecule has 2 aliphatic rings. The molecule has 32 heavy (non-hydrogen) atoms. The van der Waals surface area contributed by atoms with Crippen molar-refractivity contribution >= 4 is 16.8 Å². The van der Waals surface area contributed by atoms with E-state index in [1.807, 2.05) is 41.5 Å². The van der Waals surface area contributed by atoms with Gasteiger partial charge in [-0.3, -0.25) is 14.2 Å². The van der Waals surface area contributed by atoms with Crippen LogP contribution in [0, 0.1) is 24.7 Å². The molecule has 1 aliphatic heterocycles. The summed E-state index contributed by atoms with van der Waals surface area (Å²) in [4.78, 5) is 15.4. The second-order valence-electron chi connectivity index (χ2n) is 8.81. The molecule has 1 aliphatic carbocycles. The molecule has 0 unspecified atom stereocenters. The smallest absolute Gasteiger partial charge is 0.248 e. The molecule has 10 heteroatoms. The molecule has 10 nitrogen and oxygen atoms in total. The van der Waals surface area contributed by atoms with Crippen molar-refractivity contribution in [2.45, 2.75) is 26.9 Å². The fourth-order valence-corrected chi connectivity index (χ4v) is 5.15. The maximum absolute atomic E-state index is 12.1. The molecule has 2 fully saturated rings. The van der Waals surface area contributed by atoms with E-state index in [0.29, 0.717) is 23.1 Å². The Morgan fingerprint density at radius 3 is 2.69 bits per heavy atom. The Balaban J connectivity index is 1.42. The lowest BCUT2D eigenvalue weighted by Crippen LogP contribution is -2.17. The van der Waals surface area contributed by atoms with Crippen LogP contribution in [0.1, 0.15) is 23.0 Å². The van der Waals surface area contributed by atoms with Gasteiger partial charge >= 0.3 is 0 Å². The summed E-state index contributed by atoms with van der Waals surface area (Å²) in [6.07, 6.45) is 1.84. The van der Waals surface area contributed by atoms with Crippen molar-refractivity contribution in [3.63, 3.8) is 0 Å². The maximum atomic E-state index is 12.1. The molecule has 4 aromatic rings. The quantitative estimate of drug-likeness (QED) is 0.425. The number of amides is 1. The number of piperidine rings is 1. The lowest BCUT2D eigenvalue weighted by Gasteiger charge is -2.08. The Morgan fingerprint density at radius 1 is 1.16 bits per heavy atom. The molecular formula is C22H25N9O. The molecule has 4 heterocycles. The van der Waals surface area contributed by atoms with Crippen LogP contribution in [0.2, 0.25) is 0 Å². The van der Waals surface area contributed by atoms with Gasteiger partial charge in [0.15, 0.2) is 11.6 Å². The van der Waals surface area contributed by atoms with Crippen molar-refractivity contribution < 1.29 is 4.79 Å². The first-order valence-electron chi connectivity index (χ1n) is 11.0. The fraction of sp³-hybridized carbons (Fsp3) is 0.409.